The molecule has 0 fully saturated rings. The third kappa shape index (κ3) is 3.65. The molecule has 2 N–H and O–H groups in total. The molecule has 21 heavy (non-hydrogen) atoms. The summed E-state index contributed by atoms with van der Waals surface area (Å²) < 4.78 is 5.19. The maximum absolute atomic E-state index is 12.4. The van der Waals surface area contributed by atoms with Gasteiger partial charge in [-0.1, -0.05) is 12.1 Å². The number of nitrogens with zero attached hydrogens (tertiary/aromatic N) is 1. The molecule has 1 aromatic rings. The summed E-state index contributed by atoms with van der Waals surface area (Å²) in [7, 11) is 1.69. The lowest BCUT2D eigenvalue weighted by molar-refractivity contribution is -0.120. The number of alkyl carbamates (subject to hydrolysis) is 1. The van der Waals surface area contributed by atoms with Crippen LogP contribution in [0.1, 0.15) is 20.8 Å². The van der Waals surface area contributed by atoms with Crippen LogP contribution in [0, 0.1) is 0 Å². The number of carbonyl (C=O) groups excluding carboxylic acids is 2. The number of fused-ring (bicyclic) bond motifs is 1. The van der Waals surface area contributed by atoms with E-state index in [4.69, 9.17) is 4.74 Å². The highest BCUT2D eigenvalue weighted by Gasteiger charge is 2.30. The molecule has 1 aliphatic heterocycles. The number of nitrogens with one attached hydrogen (secondary N) is 2. The molecule has 114 valence electrons. The van der Waals surface area contributed by atoms with E-state index in [1.807, 2.05) is 24.3 Å². The van der Waals surface area contributed by atoms with Crippen molar-refractivity contribution in [1.82, 2.24) is 5.32 Å². The minimum absolute atomic E-state index is 0.182. The SMILES string of the molecule is CN1C(=O)C(NC(=O)OC(C)(C)C)CNc2ccccc21. The van der Waals surface area contributed by atoms with Gasteiger partial charge in [-0.3, -0.25) is 4.79 Å². The van der Waals surface area contributed by atoms with Crippen molar-refractivity contribution in [2.24, 2.45) is 0 Å². The van der Waals surface area contributed by atoms with Crippen molar-refractivity contribution >= 4 is 23.4 Å². The lowest BCUT2D eigenvalue weighted by Gasteiger charge is -2.24. The molecular formula is C15H21N3O3. The minimum Gasteiger partial charge on any atom is -0.444 e. The number of para-hydroxylation sites is 2. The predicted octanol–water partition coefficient (Wildman–Crippen LogP) is 1.97. The average molecular weight is 291 g/mol. The summed E-state index contributed by atoms with van der Waals surface area (Å²) in [6.45, 7) is 5.66. The maximum Gasteiger partial charge on any atom is 0.408 e. The number of likely N-dealkylation sites (N-methyl/N-ethyl adjacent to an activating group) is 1. The van der Waals surface area contributed by atoms with E-state index in [-0.39, 0.29) is 5.91 Å². The first-order valence-corrected chi connectivity index (χ1v) is 6.88. The van der Waals surface area contributed by atoms with Crippen LogP contribution in [0.4, 0.5) is 16.2 Å². The van der Waals surface area contributed by atoms with Gasteiger partial charge in [-0.2, -0.15) is 0 Å². The molecule has 6 heteroatoms. The molecule has 1 heterocycles. The molecule has 0 saturated carbocycles. The molecule has 2 amide bonds. The Morgan fingerprint density at radius 3 is 2.71 bits per heavy atom. The number of carbonyl (C=O) groups is 2. The van der Waals surface area contributed by atoms with E-state index < -0.39 is 17.7 Å². The van der Waals surface area contributed by atoms with Crippen LogP contribution >= 0.6 is 0 Å². The van der Waals surface area contributed by atoms with Crippen molar-refractivity contribution in [1.29, 1.82) is 0 Å². The molecule has 0 radical (unpaired) electrons. The number of anilines is 2. The van der Waals surface area contributed by atoms with Crippen molar-refractivity contribution < 1.29 is 14.3 Å². The van der Waals surface area contributed by atoms with E-state index in [2.05, 4.69) is 10.6 Å². The van der Waals surface area contributed by atoms with Gasteiger partial charge < -0.3 is 20.3 Å². The Bertz CT molecular complexity index is 551. The summed E-state index contributed by atoms with van der Waals surface area (Å²) in [5.41, 5.74) is 1.05. The molecule has 2 rings (SSSR count). The van der Waals surface area contributed by atoms with Gasteiger partial charge >= 0.3 is 6.09 Å². The summed E-state index contributed by atoms with van der Waals surface area (Å²) in [5, 5.41) is 5.79. The molecular weight excluding hydrogens is 270 g/mol. The smallest absolute Gasteiger partial charge is 0.408 e. The first kappa shape index (κ1) is 15.2. The molecule has 0 saturated heterocycles. The van der Waals surface area contributed by atoms with Gasteiger partial charge in [0.15, 0.2) is 0 Å². The van der Waals surface area contributed by atoms with E-state index in [1.54, 1.807) is 27.8 Å². The number of amides is 2. The Kier molecular flexibility index (Phi) is 4.06. The highest BCUT2D eigenvalue weighted by atomic mass is 16.6. The molecule has 6 nitrogen and oxygen atoms in total. The number of hydrogen-bond acceptors (Lipinski definition) is 4. The highest BCUT2D eigenvalue weighted by Crippen LogP contribution is 2.27. The molecule has 1 aliphatic rings. The zero-order valence-electron chi connectivity index (χ0n) is 12.8. The molecule has 1 aromatic carbocycles. The molecule has 0 aliphatic carbocycles. The largest absolute Gasteiger partial charge is 0.444 e. The molecule has 0 bridgehead atoms. The zero-order chi connectivity index (χ0) is 15.6. The van der Waals surface area contributed by atoms with Crippen molar-refractivity contribution in [2.45, 2.75) is 32.4 Å². The third-order valence-corrected chi connectivity index (χ3v) is 3.08. The fraction of sp³-hybridized carbons (Fsp3) is 0.467. The molecule has 0 spiro atoms. The Morgan fingerprint density at radius 1 is 1.38 bits per heavy atom. The van der Waals surface area contributed by atoms with E-state index in [9.17, 15) is 9.59 Å². The number of hydrogen-bond donors (Lipinski definition) is 2. The van der Waals surface area contributed by atoms with Gasteiger partial charge in [0.2, 0.25) is 0 Å². The topological polar surface area (TPSA) is 70.7 Å². The summed E-state index contributed by atoms with van der Waals surface area (Å²) in [5.74, 6) is -0.182. The number of rotatable bonds is 1. The second-order valence-electron chi connectivity index (χ2n) is 5.99. The first-order chi connectivity index (χ1) is 9.78. The maximum atomic E-state index is 12.4. The quantitative estimate of drug-likeness (QED) is 0.830. The second kappa shape index (κ2) is 5.63. The van der Waals surface area contributed by atoms with Crippen LogP contribution in [-0.2, 0) is 9.53 Å². The monoisotopic (exact) mass is 291 g/mol. The summed E-state index contributed by atoms with van der Waals surface area (Å²) in [6.07, 6.45) is -0.595. The van der Waals surface area contributed by atoms with E-state index in [0.717, 1.165) is 11.4 Å². The summed E-state index contributed by atoms with van der Waals surface area (Å²) >= 11 is 0. The standard InChI is InChI=1S/C15H21N3O3/c1-15(2,3)21-14(20)17-11-9-16-10-7-5-6-8-12(10)18(4)13(11)19/h5-8,11,16H,9H2,1-4H3,(H,17,20). The van der Waals surface area contributed by atoms with Gasteiger partial charge in [-0.15, -0.1) is 0 Å². The number of ether oxygens (including phenoxy) is 1. The second-order valence-corrected chi connectivity index (χ2v) is 5.99. The Labute approximate surface area is 124 Å². The van der Waals surface area contributed by atoms with Crippen LogP contribution in [0.2, 0.25) is 0 Å². The summed E-state index contributed by atoms with van der Waals surface area (Å²) in [6, 6.07) is 6.85. The van der Waals surface area contributed by atoms with Gasteiger partial charge in [-0.25, -0.2) is 4.79 Å². The van der Waals surface area contributed by atoms with Crippen LogP contribution in [0.15, 0.2) is 24.3 Å². The van der Waals surface area contributed by atoms with E-state index in [0.29, 0.717) is 6.54 Å². The van der Waals surface area contributed by atoms with Crippen LogP contribution in [0.25, 0.3) is 0 Å². The number of benzene rings is 1. The average Bonchev–Trinajstić information content (AvgIpc) is 2.50. The molecule has 0 aromatic heterocycles. The van der Waals surface area contributed by atoms with E-state index in [1.165, 1.54) is 4.90 Å². The fourth-order valence-corrected chi connectivity index (χ4v) is 2.13. The van der Waals surface area contributed by atoms with Gasteiger partial charge in [0.05, 0.1) is 11.4 Å². The van der Waals surface area contributed by atoms with Gasteiger partial charge in [0.25, 0.3) is 5.91 Å². The molecule has 1 unspecified atom stereocenters. The van der Waals surface area contributed by atoms with Crippen molar-refractivity contribution in [3.8, 4) is 0 Å². The Hall–Kier alpha value is -2.24. The fourth-order valence-electron chi connectivity index (χ4n) is 2.13. The predicted molar refractivity (Wildman–Crippen MR) is 81.5 cm³/mol. The van der Waals surface area contributed by atoms with E-state index >= 15 is 0 Å². The first-order valence-electron chi connectivity index (χ1n) is 6.88. The van der Waals surface area contributed by atoms with Crippen LogP contribution in [-0.4, -0.2) is 37.2 Å². The highest BCUT2D eigenvalue weighted by molar-refractivity contribution is 6.02. The zero-order valence-corrected chi connectivity index (χ0v) is 12.8. The molecule has 1 atom stereocenters. The van der Waals surface area contributed by atoms with Crippen LogP contribution in [0.3, 0.4) is 0 Å². The normalized spacial score (nSPS) is 18.4. The van der Waals surface area contributed by atoms with Crippen molar-refractivity contribution in [3.05, 3.63) is 24.3 Å². The third-order valence-electron chi connectivity index (χ3n) is 3.08. The lowest BCUT2D eigenvalue weighted by atomic mass is 10.2. The van der Waals surface area contributed by atoms with Crippen molar-refractivity contribution in [2.75, 3.05) is 23.8 Å². The van der Waals surface area contributed by atoms with Crippen LogP contribution < -0.4 is 15.5 Å². The Balaban J connectivity index is 2.11. The van der Waals surface area contributed by atoms with Gasteiger partial charge in [-0.05, 0) is 32.9 Å². The Morgan fingerprint density at radius 2 is 2.05 bits per heavy atom. The lowest BCUT2D eigenvalue weighted by Crippen LogP contribution is -2.50. The van der Waals surface area contributed by atoms with Crippen LogP contribution in [0.5, 0.6) is 0 Å². The van der Waals surface area contributed by atoms with Gasteiger partial charge in [0.1, 0.15) is 11.6 Å². The van der Waals surface area contributed by atoms with Crippen molar-refractivity contribution in [3.63, 3.8) is 0 Å². The minimum atomic E-state index is -0.669. The summed E-state index contributed by atoms with van der Waals surface area (Å²) in [4.78, 5) is 25.8. The van der Waals surface area contributed by atoms with Gasteiger partial charge in [0, 0.05) is 13.6 Å².